The van der Waals surface area contributed by atoms with E-state index in [0.717, 1.165) is 13.0 Å². The van der Waals surface area contributed by atoms with E-state index in [1.807, 2.05) is 11.3 Å². The first kappa shape index (κ1) is 13.6. The van der Waals surface area contributed by atoms with E-state index in [-0.39, 0.29) is 11.6 Å². The zero-order valence-corrected chi connectivity index (χ0v) is 12.7. The van der Waals surface area contributed by atoms with Gasteiger partial charge in [-0.3, -0.25) is 0 Å². The van der Waals surface area contributed by atoms with Gasteiger partial charge in [-0.2, -0.15) is 0 Å². The lowest BCUT2D eigenvalue weighted by molar-refractivity contribution is -0.120. The van der Waals surface area contributed by atoms with Crippen LogP contribution in [0.1, 0.15) is 61.4 Å². The molecule has 19 heavy (non-hydrogen) atoms. The third-order valence-electron chi connectivity index (χ3n) is 5.01. The van der Waals surface area contributed by atoms with Gasteiger partial charge >= 0.3 is 0 Å². The van der Waals surface area contributed by atoms with E-state index in [9.17, 15) is 0 Å². The fraction of sp³-hybridized carbons (Fsp3) is 0.750. The fourth-order valence-electron chi connectivity index (χ4n) is 3.86. The second-order valence-electron chi connectivity index (χ2n) is 6.34. The highest BCUT2D eigenvalue weighted by molar-refractivity contribution is 7.10. The highest BCUT2D eigenvalue weighted by Gasteiger charge is 2.40. The van der Waals surface area contributed by atoms with Crippen LogP contribution in [-0.2, 0) is 4.74 Å². The number of hydrogen-bond donors (Lipinski definition) is 1. The highest BCUT2D eigenvalue weighted by atomic mass is 32.1. The molecule has 2 nitrogen and oxygen atoms in total. The van der Waals surface area contributed by atoms with Crippen LogP contribution in [0.3, 0.4) is 0 Å². The van der Waals surface area contributed by atoms with E-state index in [1.54, 1.807) is 0 Å². The van der Waals surface area contributed by atoms with E-state index in [1.165, 1.54) is 49.0 Å². The lowest BCUT2D eigenvalue weighted by Crippen LogP contribution is -2.44. The van der Waals surface area contributed by atoms with Crippen LogP contribution in [0.15, 0.2) is 11.4 Å². The molecule has 2 unspecified atom stereocenters. The average Bonchev–Trinajstić information content (AvgIpc) is 2.85. The SMILES string of the molecule is Cc1ccsc1C(N)C1CCOC2(CCCCC2)C1. The Balaban J connectivity index is 1.72. The number of hydrogen-bond acceptors (Lipinski definition) is 3. The third-order valence-corrected chi connectivity index (χ3v) is 6.13. The normalized spacial score (nSPS) is 28.4. The molecule has 2 N–H and O–H groups in total. The monoisotopic (exact) mass is 279 g/mol. The lowest BCUT2D eigenvalue weighted by Gasteiger charge is -2.45. The summed E-state index contributed by atoms with van der Waals surface area (Å²) < 4.78 is 6.18. The molecule has 1 aliphatic heterocycles. The van der Waals surface area contributed by atoms with E-state index < -0.39 is 0 Å². The summed E-state index contributed by atoms with van der Waals surface area (Å²) in [5.74, 6) is 0.601. The molecule has 0 aromatic carbocycles. The zero-order valence-electron chi connectivity index (χ0n) is 11.9. The molecule has 0 radical (unpaired) electrons. The maximum atomic E-state index is 6.56. The summed E-state index contributed by atoms with van der Waals surface area (Å²) in [6, 6.07) is 2.40. The van der Waals surface area contributed by atoms with Gasteiger partial charge < -0.3 is 10.5 Å². The minimum Gasteiger partial charge on any atom is -0.375 e. The maximum Gasteiger partial charge on any atom is 0.0686 e. The van der Waals surface area contributed by atoms with E-state index >= 15 is 0 Å². The molecule has 2 atom stereocenters. The van der Waals surface area contributed by atoms with Crippen molar-refractivity contribution >= 4 is 11.3 Å². The molecular weight excluding hydrogens is 254 g/mol. The van der Waals surface area contributed by atoms with Gasteiger partial charge in [-0.25, -0.2) is 0 Å². The van der Waals surface area contributed by atoms with Crippen molar-refractivity contribution in [2.45, 2.75) is 63.5 Å². The molecule has 2 fully saturated rings. The first-order valence-electron chi connectivity index (χ1n) is 7.64. The van der Waals surface area contributed by atoms with Crippen LogP contribution in [0.25, 0.3) is 0 Å². The predicted molar refractivity (Wildman–Crippen MR) is 80.5 cm³/mol. The summed E-state index contributed by atoms with van der Waals surface area (Å²) in [6.45, 7) is 3.09. The Morgan fingerprint density at radius 3 is 2.84 bits per heavy atom. The summed E-state index contributed by atoms with van der Waals surface area (Å²) >= 11 is 1.82. The predicted octanol–water partition coefficient (Wildman–Crippen LogP) is 4.19. The molecule has 1 saturated heterocycles. The van der Waals surface area contributed by atoms with E-state index in [2.05, 4.69) is 18.4 Å². The molecule has 1 saturated carbocycles. The van der Waals surface area contributed by atoms with Crippen LogP contribution in [0.4, 0.5) is 0 Å². The van der Waals surface area contributed by atoms with E-state index in [4.69, 9.17) is 10.5 Å². The minimum atomic E-state index is 0.171. The topological polar surface area (TPSA) is 35.2 Å². The van der Waals surface area contributed by atoms with E-state index in [0.29, 0.717) is 5.92 Å². The molecule has 2 aliphatic rings. The molecule has 3 rings (SSSR count). The number of rotatable bonds is 2. The van der Waals surface area contributed by atoms with Crippen molar-refractivity contribution in [2.75, 3.05) is 6.61 Å². The van der Waals surface area contributed by atoms with Crippen LogP contribution in [0, 0.1) is 12.8 Å². The highest BCUT2D eigenvalue weighted by Crippen LogP contribution is 2.44. The number of ether oxygens (including phenoxy) is 1. The van der Waals surface area contributed by atoms with Crippen molar-refractivity contribution < 1.29 is 4.74 Å². The zero-order chi connectivity index (χ0) is 13.3. The van der Waals surface area contributed by atoms with Crippen molar-refractivity contribution in [1.82, 2.24) is 0 Å². The second kappa shape index (κ2) is 5.55. The molecule has 2 heterocycles. The smallest absolute Gasteiger partial charge is 0.0686 e. The Labute approximate surface area is 120 Å². The largest absolute Gasteiger partial charge is 0.375 e. The summed E-state index contributed by atoms with van der Waals surface area (Å²) in [7, 11) is 0. The summed E-state index contributed by atoms with van der Waals surface area (Å²) in [4.78, 5) is 1.39. The van der Waals surface area contributed by atoms with Gasteiger partial charge in [0.2, 0.25) is 0 Å². The lowest BCUT2D eigenvalue weighted by atomic mass is 9.74. The quantitative estimate of drug-likeness (QED) is 0.881. The van der Waals surface area contributed by atoms with Crippen molar-refractivity contribution in [3.63, 3.8) is 0 Å². The molecule has 0 bridgehead atoms. The van der Waals surface area contributed by atoms with Gasteiger partial charge in [0.05, 0.1) is 5.60 Å². The van der Waals surface area contributed by atoms with Crippen LogP contribution in [0.5, 0.6) is 0 Å². The molecule has 1 aliphatic carbocycles. The van der Waals surface area contributed by atoms with Crippen molar-refractivity contribution in [2.24, 2.45) is 11.7 Å². The molecule has 1 spiro atoms. The van der Waals surface area contributed by atoms with Crippen LogP contribution < -0.4 is 5.73 Å². The minimum absolute atomic E-state index is 0.171. The van der Waals surface area contributed by atoms with Crippen LogP contribution in [-0.4, -0.2) is 12.2 Å². The van der Waals surface area contributed by atoms with Crippen molar-refractivity contribution in [3.8, 4) is 0 Å². The van der Waals surface area contributed by atoms with Gasteiger partial charge in [-0.05, 0) is 55.5 Å². The molecule has 1 aromatic rings. The first-order valence-corrected chi connectivity index (χ1v) is 8.52. The number of thiophene rings is 1. The van der Waals surface area contributed by atoms with Gasteiger partial charge in [0.25, 0.3) is 0 Å². The molecule has 0 amide bonds. The number of aryl methyl sites for hydroxylation is 1. The summed E-state index contributed by atoms with van der Waals surface area (Å²) in [5, 5.41) is 2.17. The first-order chi connectivity index (χ1) is 9.20. The fourth-order valence-corrected chi connectivity index (χ4v) is 4.88. The van der Waals surface area contributed by atoms with Gasteiger partial charge in [-0.15, -0.1) is 11.3 Å². The molecule has 106 valence electrons. The number of nitrogens with two attached hydrogens (primary N) is 1. The Bertz CT molecular complexity index is 417. The van der Waals surface area contributed by atoms with Crippen LogP contribution >= 0.6 is 11.3 Å². The summed E-state index contributed by atoms with van der Waals surface area (Å²) in [5.41, 5.74) is 8.09. The molecule has 1 aromatic heterocycles. The third kappa shape index (κ3) is 2.74. The Morgan fingerprint density at radius 2 is 2.16 bits per heavy atom. The second-order valence-corrected chi connectivity index (χ2v) is 7.29. The van der Waals surface area contributed by atoms with Gasteiger partial charge in [-0.1, -0.05) is 19.3 Å². The molecular formula is C16H25NOS. The standard InChI is InChI=1S/C16H25NOS/c1-12-6-10-19-15(12)14(17)13-5-9-18-16(11-13)7-3-2-4-8-16/h6,10,13-14H,2-5,7-9,11,17H2,1H3. The van der Waals surface area contributed by atoms with Crippen molar-refractivity contribution in [3.05, 3.63) is 21.9 Å². The molecule has 3 heteroatoms. The van der Waals surface area contributed by atoms with Gasteiger partial charge in [0.15, 0.2) is 0 Å². The maximum absolute atomic E-state index is 6.56. The average molecular weight is 279 g/mol. The van der Waals surface area contributed by atoms with Crippen molar-refractivity contribution in [1.29, 1.82) is 0 Å². The van der Waals surface area contributed by atoms with Gasteiger partial charge in [0.1, 0.15) is 0 Å². The Morgan fingerprint density at radius 1 is 1.37 bits per heavy atom. The summed E-state index contributed by atoms with van der Waals surface area (Å²) in [6.07, 6.45) is 8.84. The van der Waals surface area contributed by atoms with Crippen LogP contribution in [0.2, 0.25) is 0 Å². The Hall–Kier alpha value is -0.380. The Kier molecular flexibility index (Phi) is 3.97. The van der Waals surface area contributed by atoms with Gasteiger partial charge in [0, 0.05) is 17.5 Å².